The highest BCUT2D eigenvalue weighted by Crippen LogP contribution is 2.31. The molecule has 1 N–H and O–H groups in total. The summed E-state index contributed by atoms with van der Waals surface area (Å²) < 4.78 is 1.89. The van der Waals surface area contributed by atoms with Gasteiger partial charge in [0.1, 0.15) is 0 Å². The Balaban J connectivity index is 2.33. The van der Waals surface area contributed by atoms with Gasteiger partial charge >= 0.3 is 0 Å². The number of hydrogen-bond donors (Lipinski definition) is 1. The van der Waals surface area contributed by atoms with Gasteiger partial charge in [-0.15, -0.1) is 0 Å². The molecule has 0 aliphatic rings. The molecule has 3 nitrogen and oxygen atoms in total. The Hall–Kier alpha value is -1.03. The summed E-state index contributed by atoms with van der Waals surface area (Å²) in [5.41, 5.74) is 3.10. The quantitative estimate of drug-likeness (QED) is 0.935. The van der Waals surface area contributed by atoms with Crippen LogP contribution in [0.5, 0.6) is 0 Å². The highest BCUT2D eigenvalue weighted by Gasteiger charge is 2.18. The van der Waals surface area contributed by atoms with E-state index in [0.29, 0.717) is 10.0 Å². The molecule has 2 aromatic rings. The summed E-state index contributed by atoms with van der Waals surface area (Å²) in [7, 11) is 3.86. The number of nitrogens with zero attached hydrogens (tertiary/aromatic N) is 2. The third-order valence-corrected chi connectivity index (χ3v) is 3.87. The second-order valence-electron chi connectivity index (χ2n) is 4.58. The van der Waals surface area contributed by atoms with Crippen LogP contribution in [0.3, 0.4) is 0 Å². The molecule has 0 bridgehead atoms. The van der Waals surface area contributed by atoms with E-state index in [1.807, 2.05) is 43.9 Å². The Morgan fingerprint density at radius 1 is 1.32 bits per heavy atom. The third-order valence-electron chi connectivity index (χ3n) is 3.21. The lowest BCUT2D eigenvalue weighted by atomic mass is 10.0. The molecule has 0 aliphatic heterocycles. The van der Waals surface area contributed by atoms with E-state index in [9.17, 15) is 0 Å². The topological polar surface area (TPSA) is 29.9 Å². The number of hydrogen-bond acceptors (Lipinski definition) is 2. The predicted molar refractivity (Wildman–Crippen MR) is 79.9 cm³/mol. The van der Waals surface area contributed by atoms with Crippen LogP contribution in [0.25, 0.3) is 0 Å². The molecule has 0 spiro atoms. The molecule has 1 aromatic carbocycles. The molecular weight excluding hydrogens is 281 g/mol. The summed E-state index contributed by atoms with van der Waals surface area (Å²) in [5.74, 6) is 0. The summed E-state index contributed by atoms with van der Waals surface area (Å²) in [6, 6.07) is 7.73. The fourth-order valence-corrected chi connectivity index (χ4v) is 2.92. The lowest BCUT2D eigenvalue weighted by molar-refractivity contribution is 0.561. The maximum absolute atomic E-state index is 6.27. The Labute approximate surface area is 123 Å². The van der Waals surface area contributed by atoms with Crippen LogP contribution in [0.1, 0.15) is 23.0 Å². The number of aryl methyl sites for hydroxylation is 2. The van der Waals surface area contributed by atoms with Crippen molar-refractivity contribution >= 4 is 23.2 Å². The number of benzene rings is 1. The zero-order valence-corrected chi connectivity index (χ0v) is 12.8. The lowest BCUT2D eigenvalue weighted by Gasteiger charge is -2.19. The molecular formula is C14H17Cl2N3. The number of aromatic nitrogens is 2. The van der Waals surface area contributed by atoms with E-state index in [-0.39, 0.29) is 6.04 Å². The average Bonchev–Trinajstić information content (AvgIpc) is 2.66. The summed E-state index contributed by atoms with van der Waals surface area (Å²) in [4.78, 5) is 0. The minimum atomic E-state index is 0.0657. The normalized spacial score (nSPS) is 12.7. The second-order valence-corrected chi connectivity index (χ2v) is 5.40. The van der Waals surface area contributed by atoms with Gasteiger partial charge in [-0.25, -0.2) is 0 Å². The van der Waals surface area contributed by atoms with Crippen LogP contribution >= 0.6 is 23.2 Å². The SMILES string of the molecule is CNC(Cc1cc(C)nn1C)c1c(Cl)cccc1Cl. The Kier molecular flexibility index (Phi) is 4.50. The zero-order chi connectivity index (χ0) is 14.0. The van der Waals surface area contributed by atoms with Gasteiger partial charge in [-0.1, -0.05) is 29.3 Å². The minimum Gasteiger partial charge on any atom is -0.313 e. The van der Waals surface area contributed by atoms with Gasteiger partial charge in [0.25, 0.3) is 0 Å². The van der Waals surface area contributed by atoms with Crippen LogP contribution in [-0.4, -0.2) is 16.8 Å². The van der Waals surface area contributed by atoms with Crippen molar-refractivity contribution in [3.05, 3.63) is 51.3 Å². The van der Waals surface area contributed by atoms with Crippen LogP contribution in [0.4, 0.5) is 0 Å². The van der Waals surface area contributed by atoms with Crippen molar-refractivity contribution in [3.63, 3.8) is 0 Å². The van der Waals surface area contributed by atoms with E-state index in [4.69, 9.17) is 23.2 Å². The average molecular weight is 298 g/mol. The van der Waals surface area contributed by atoms with Crippen LogP contribution < -0.4 is 5.32 Å². The molecule has 0 saturated carbocycles. The summed E-state index contributed by atoms with van der Waals surface area (Å²) in [5, 5.41) is 9.01. The standard InChI is InChI=1S/C14H17Cl2N3/c1-9-7-10(19(3)18-9)8-13(17-2)14-11(15)5-4-6-12(14)16/h4-7,13,17H,8H2,1-3H3. The van der Waals surface area contributed by atoms with Crippen LogP contribution in [0.2, 0.25) is 10.0 Å². The maximum atomic E-state index is 6.27. The van der Waals surface area contributed by atoms with Crippen molar-refractivity contribution in [3.8, 4) is 0 Å². The highest BCUT2D eigenvalue weighted by atomic mass is 35.5. The first-order valence-corrected chi connectivity index (χ1v) is 6.89. The van der Waals surface area contributed by atoms with Crippen molar-refractivity contribution in [1.82, 2.24) is 15.1 Å². The molecule has 1 heterocycles. The molecule has 0 fully saturated rings. The molecule has 19 heavy (non-hydrogen) atoms. The maximum Gasteiger partial charge on any atom is 0.0596 e. The number of nitrogens with one attached hydrogen (secondary N) is 1. The molecule has 1 unspecified atom stereocenters. The van der Waals surface area contributed by atoms with Crippen molar-refractivity contribution in [2.45, 2.75) is 19.4 Å². The smallest absolute Gasteiger partial charge is 0.0596 e. The second kappa shape index (κ2) is 5.95. The summed E-state index contributed by atoms with van der Waals surface area (Å²) >= 11 is 12.5. The van der Waals surface area contributed by atoms with Crippen LogP contribution in [0.15, 0.2) is 24.3 Å². The Morgan fingerprint density at radius 3 is 2.42 bits per heavy atom. The number of halogens is 2. The van der Waals surface area contributed by atoms with E-state index < -0.39 is 0 Å². The van der Waals surface area contributed by atoms with E-state index in [2.05, 4.69) is 16.5 Å². The largest absolute Gasteiger partial charge is 0.313 e. The van der Waals surface area contributed by atoms with E-state index in [0.717, 1.165) is 23.4 Å². The summed E-state index contributed by atoms with van der Waals surface area (Å²) in [6.07, 6.45) is 0.789. The van der Waals surface area contributed by atoms with Gasteiger partial charge in [0.2, 0.25) is 0 Å². The van der Waals surface area contributed by atoms with Crippen molar-refractivity contribution in [2.24, 2.45) is 7.05 Å². The van der Waals surface area contributed by atoms with Gasteiger partial charge in [-0.2, -0.15) is 5.10 Å². The molecule has 102 valence electrons. The lowest BCUT2D eigenvalue weighted by Crippen LogP contribution is -2.21. The minimum absolute atomic E-state index is 0.0657. The highest BCUT2D eigenvalue weighted by molar-refractivity contribution is 6.36. The Bertz CT molecular complexity index is 558. The predicted octanol–water partition coefficient (Wildman–Crippen LogP) is 3.54. The van der Waals surface area contributed by atoms with Gasteiger partial charge in [-0.05, 0) is 32.2 Å². The monoisotopic (exact) mass is 297 g/mol. The van der Waals surface area contributed by atoms with Gasteiger partial charge in [0, 0.05) is 40.8 Å². The zero-order valence-electron chi connectivity index (χ0n) is 11.2. The first kappa shape index (κ1) is 14.4. The van der Waals surface area contributed by atoms with Crippen molar-refractivity contribution in [2.75, 3.05) is 7.05 Å². The van der Waals surface area contributed by atoms with Crippen LogP contribution in [-0.2, 0) is 13.5 Å². The third kappa shape index (κ3) is 3.11. The fraction of sp³-hybridized carbons (Fsp3) is 0.357. The van der Waals surface area contributed by atoms with E-state index >= 15 is 0 Å². The molecule has 1 atom stereocenters. The van der Waals surface area contributed by atoms with E-state index in [1.165, 1.54) is 0 Å². The van der Waals surface area contributed by atoms with E-state index in [1.54, 1.807) is 0 Å². The van der Waals surface area contributed by atoms with Gasteiger partial charge in [-0.3, -0.25) is 4.68 Å². The molecule has 2 rings (SSSR count). The van der Waals surface area contributed by atoms with Crippen molar-refractivity contribution < 1.29 is 0 Å². The van der Waals surface area contributed by atoms with Crippen molar-refractivity contribution in [1.29, 1.82) is 0 Å². The molecule has 0 radical (unpaired) electrons. The van der Waals surface area contributed by atoms with Gasteiger partial charge in [0.05, 0.1) is 5.69 Å². The van der Waals surface area contributed by atoms with Crippen LogP contribution in [0, 0.1) is 6.92 Å². The molecule has 0 saturated heterocycles. The molecule has 1 aromatic heterocycles. The fourth-order valence-electron chi connectivity index (χ4n) is 2.26. The number of likely N-dealkylation sites (N-methyl/N-ethyl adjacent to an activating group) is 1. The van der Waals surface area contributed by atoms with Gasteiger partial charge in [0.15, 0.2) is 0 Å². The molecule has 0 aliphatic carbocycles. The first-order valence-electron chi connectivity index (χ1n) is 6.13. The first-order chi connectivity index (χ1) is 9.02. The van der Waals surface area contributed by atoms with Gasteiger partial charge < -0.3 is 5.32 Å². The molecule has 0 amide bonds. The molecule has 5 heteroatoms. The Morgan fingerprint density at radius 2 is 1.95 bits per heavy atom. The number of rotatable bonds is 4. The summed E-state index contributed by atoms with van der Waals surface area (Å²) in [6.45, 7) is 1.99.